The van der Waals surface area contributed by atoms with Crippen molar-refractivity contribution in [2.75, 3.05) is 20.6 Å². The van der Waals surface area contributed by atoms with Crippen LogP contribution in [0.4, 0.5) is 0 Å². The molecule has 13 heavy (non-hydrogen) atoms. The molecule has 0 aliphatic rings. The molecule has 0 aromatic carbocycles. The molecule has 1 unspecified atom stereocenters. The van der Waals surface area contributed by atoms with Crippen molar-refractivity contribution in [2.45, 2.75) is 13.0 Å². The molecule has 1 rings (SSSR count). The van der Waals surface area contributed by atoms with Crippen molar-refractivity contribution in [3.63, 3.8) is 0 Å². The number of hydrogen-bond acceptors (Lipinski definition) is 3. The van der Waals surface area contributed by atoms with Crippen LogP contribution in [0.15, 0.2) is 11.4 Å². The monoisotopic (exact) mass is 220 g/mol. The summed E-state index contributed by atoms with van der Waals surface area (Å²) >= 11 is 1.79. The molecule has 0 aliphatic heterocycles. The average molecular weight is 221 g/mol. The van der Waals surface area contributed by atoms with E-state index in [9.17, 15) is 0 Å². The van der Waals surface area contributed by atoms with Crippen molar-refractivity contribution in [1.82, 2.24) is 4.90 Å². The van der Waals surface area contributed by atoms with Gasteiger partial charge in [-0.1, -0.05) is 0 Å². The molecule has 0 spiro atoms. The number of nitrogens with two attached hydrogens (primary N) is 1. The van der Waals surface area contributed by atoms with Gasteiger partial charge in [0, 0.05) is 11.4 Å². The number of nitrogens with zero attached hydrogens (tertiary/aromatic N) is 1. The van der Waals surface area contributed by atoms with Gasteiger partial charge in [-0.15, -0.1) is 23.7 Å². The molecule has 2 N–H and O–H groups in total. The number of aryl methyl sites for hydroxylation is 1. The van der Waals surface area contributed by atoms with E-state index in [4.69, 9.17) is 5.73 Å². The van der Waals surface area contributed by atoms with E-state index in [1.807, 2.05) is 0 Å². The molecule has 0 fully saturated rings. The third-order valence-electron chi connectivity index (χ3n) is 2.05. The molecule has 76 valence electrons. The Hall–Kier alpha value is -0.0900. The summed E-state index contributed by atoms with van der Waals surface area (Å²) in [6.07, 6.45) is 0. The first kappa shape index (κ1) is 12.9. The van der Waals surface area contributed by atoms with Gasteiger partial charge in [0.2, 0.25) is 0 Å². The van der Waals surface area contributed by atoms with E-state index in [1.54, 1.807) is 11.3 Å². The van der Waals surface area contributed by atoms with Gasteiger partial charge in [0.05, 0.1) is 6.04 Å². The van der Waals surface area contributed by atoms with E-state index < -0.39 is 0 Å². The first-order chi connectivity index (χ1) is 5.66. The van der Waals surface area contributed by atoms with Crippen LogP contribution in [-0.4, -0.2) is 25.5 Å². The molecule has 1 aromatic heterocycles. The lowest BCUT2D eigenvalue weighted by Gasteiger charge is -2.22. The van der Waals surface area contributed by atoms with E-state index in [-0.39, 0.29) is 12.4 Å². The van der Waals surface area contributed by atoms with Gasteiger partial charge in [0.15, 0.2) is 0 Å². The highest BCUT2D eigenvalue weighted by molar-refractivity contribution is 7.10. The molecule has 2 nitrogen and oxygen atoms in total. The van der Waals surface area contributed by atoms with E-state index in [0.717, 1.165) is 0 Å². The van der Waals surface area contributed by atoms with Crippen molar-refractivity contribution in [2.24, 2.45) is 5.73 Å². The average Bonchev–Trinajstić information content (AvgIpc) is 2.38. The summed E-state index contributed by atoms with van der Waals surface area (Å²) < 4.78 is 0. The van der Waals surface area contributed by atoms with Gasteiger partial charge in [0.1, 0.15) is 0 Å². The number of halogens is 1. The van der Waals surface area contributed by atoms with Gasteiger partial charge in [-0.3, -0.25) is 0 Å². The smallest absolute Gasteiger partial charge is 0.0562 e. The molecular weight excluding hydrogens is 204 g/mol. The van der Waals surface area contributed by atoms with Crippen molar-refractivity contribution >= 4 is 23.7 Å². The largest absolute Gasteiger partial charge is 0.329 e. The minimum Gasteiger partial charge on any atom is -0.329 e. The summed E-state index contributed by atoms with van der Waals surface area (Å²) in [5.41, 5.74) is 7.05. The van der Waals surface area contributed by atoms with Crippen molar-refractivity contribution in [1.29, 1.82) is 0 Å². The summed E-state index contributed by atoms with van der Waals surface area (Å²) in [7, 11) is 4.13. The molecule has 1 atom stereocenters. The van der Waals surface area contributed by atoms with Crippen LogP contribution < -0.4 is 5.73 Å². The SMILES string of the molecule is Cc1ccsc1C(CN)N(C)C.Cl. The minimum atomic E-state index is 0. The van der Waals surface area contributed by atoms with Gasteiger partial charge in [-0.25, -0.2) is 0 Å². The highest BCUT2D eigenvalue weighted by atomic mass is 35.5. The lowest BCUT2D eigenvalue weighted by atomic mass is 10.1. The summed E-state index contributed by atoms with van der Waals surface area (Å²) in [5.74, 6) is 0. The Kier molecular flexibility index (Phi) is 5.56. The molecule has 0 aliphatic carbocycles. The van der Waals surface area contributed by atoms with Crippen LogP contribution in [0, 0.1) is 6.92 Å². The molecule has 0 saturated carbocycles. The zero-order valence-corrected chi connectivity index (χ0v) is 9.91. The predicted octanol–water partition coefficient (Wildman–Crippen LogP) is 2.04. The first-order valence-electron chi connectivity index (χ1n) is 4.07. The fourth-order valence-corrected chi connectivity index (χ4v) is 2.42. The van der Waals surface area contributed by atoms with E-state index in [2.05, 4.69) is 37.4 Å². The number of rotatable bonds is 3. The molecule has 1 heterocycles. The van der Waals surface area contributed by atoms with Crippen molar-refractivity contribution < 1.29 is 0 Å². The molecule has 1 aromatic rings. The van der Waals surface area contributed by atoms with Crippen molar-refractivity contribution in [3.05, 3.63) is 21.9 Å². The Bertz CT molecular complexity index is 248. The van der Waals surface area contributed by atoms with Gasteiger partial charge in [-0.05, 0) is 38.0 Å². The van der Waals surface area contributed by atoms with Crippen LogP contribution in [-0.2, 0) is 0 Å². The highest BCUT2D eigenvalue weighted by Gasteiger charge is 2.14. The summed E-state index contributed by atoms with van der Waals surface area (Å²) in [6.45, 7) is 2.83. The first-order valence-corrected chi connectivity index (χ1v) is 4.95. The van der Waals surface area contributed by atoms with Crippen LogP contribution in [0.1, 0.15) is 16.5 Å². The second-order valence-electron chi connectivity index (χ2n) is 3.18. The number of likely N-dealkylation sites (N-methyl/N-ethyl adjacent to an activating group) is 1. The Morgan fingerprint density at radius 1 is 1.54 bits per heavy atom. The normalized spacial score (nSPS) is 12.7. The maximum Gasteiger partial charge on any atom is 0.0562 e. The Balaban J connectivity index is 0.00000144. The predicted molar refractivity (Wildman–Crippen MR) is 61.8 cm³/mol. The fraction of sp³-hybridized carbons (Fsp3) is 0.556. The van der Waals surface area contributed by atoms with Gasteiger partial charge in [0.25, 0.3) is 0 Å². The van der Waals surface area contributed by atoms with Crippen LogP contribution in [0.25, 0.3) is 0 Å². The highest BCUT2D eigenvalue weighted by Crippen LogP contribution is 2.25. The summed E-state index contributed by atoms with van der Waals surface area (Å²) in [4.78, 5) is 3.56. The lowest BCUT2D eigenvalue weighted by molar-refractivity contribution is 0.309. The zero-order valence-electron chi connectivity index (χ0n) is 8.28. The van der Waals surface area contributed by atoms with Crippen molar-refractivity contribution in [3.8, 4) is 0 Å². The van der Waals surface area contributed by atoms with Crippen LogP contribution in [0.2, 0.25) is 0 Å². The number of thiophene rings is 1. The summed E-state index contributed by atoms with van der Waals surface area (Å²) in [6, 6.07) is 2.52. The molecule has 0 amide bonds. The quantitative estimate of drug-likeness (QED) is 0.845. The van der Waals surface area contributed by atoms with Gasteiger partial charge in [-0.2, -0.15) is 0 Å². The zero-order chi connectivity index (χ0) is 9.14. The minimum absolute atomic E-state index is 0. The van der Waals surface area contributed by atoms with E-state index >= 15 is 0 Å². The Labute approximate surface area is 90.1 Å². The van der Waals surface area contributed by atoms with Crippen LogP contribution >= 0.6 is 23.7 Å². The van der Waals surface area contributed by atoms with Gasteiger partial charge >= 0.3 is 0 Å². The van der Waals surface area contributed by atoms with Crippen LogP contribution in [0.5, 0.6) is 0 Å². The maximum absolute atomic E-state index is 5.70. The van der Waals surface area contributed by atoms with Gasteiger partial charge < -0.3 is 10.6 Å². The maximum atomic E-state index is 5.70. The van der Waals surface area contributed by atoms with E-state index in [0.29, 0.717) is 12.6 Å². The molecule has 0 saturated heterocycles. The molecular formula is C9H17ClN2S. The Morgan fingerprint density at radius 2 is 2.15 bits per heavy atom. The summed E-state index contributed by atoms with van der Waals surface area (Å²) in [5, 5.41) is 2.12. The lowest BCUT2D eigenvalue weighted by Crippen LogP contribution is -2.26. The fourth-order valence-electron chi connectivity index (χ4n) is 1.28. The molecule has 0 radical (unpaired) electrons. The topological polar surface area (TPSA) is 29.3 Å². The van der Waals surface area contributed by atoms with E-state index in [1.165, 1.54) is 10.4 Å². The standard InChI is InChI=1S/C9H16N2S.ClH/c1-7-4-5-12-9(7)8(6-10)11(2)3;/h4-5,8H,6,10H2,1-3H3;1H. The third-order valence-corrected chi connectivity index (χ3v) is 3.17. The molecule has 0 bridgehead atoms. The Morgan fingerprint density at radius 3 is 2.46 bits per heavy atom. The second kappa shape index (κ2) is 5.60. The third kappa shape index (κ3) is 2.95. The number of hydrogen-bond donors (Lipinski definition) is 1. The van der Waals surface area contributed by atoms with Crippen LogP contribution in [0.3, 0.4) is 0 Å². The second-order valence-corrected chi connectivity index (χ2v) is 4.13. The molecule has 4 heteroatoms.